The number of carbonyl (C=O) groups is 1. The van der Waals surface area contributed by atoms with Crippen LogP contribution in [0, 0.1) is 12.7 Å². The number of aromatic nitrogens is 2. The van der Waals surface area contributed by atoms with Crippen LogP contribution in [0.3, 0.4) is 0 Å². The summed E-state index contributed by atoms with van der Waals surface area (Å²) in [5, 5.41) is 16.3. The van der Waals surface area contributed by atoms with Gasteiger partial charge in [0.1, 0.15) is 11.5 Å². The summed E-state index contributed by atoms with van der Waals surface area (Å²) < 4.78 is 13.1. The predicted octanol–water partition coefficient (Wildman–Crippen LogP) is 4.23. The normalized spacial score (nSPS) is 10.5. The van der Waals surface area contributed by atoms with Gasteiger partial charge in [0.25, 0.3) is 0 Å². The Morgan fingerprint density at radius 1 is 1.32 bits per heavy atom. The predicted molar refractivity (Wildman–Crippen MR) is 85.7 cm³/mol. The topological polar surface area (TPSA) is 69.8 Å². The number of benzene rings is 1. The van der Waals surface area contributed by atoms with E-state index < -0.39 is 11.8 Å². The van der Waals surface area contributed by atoms with E-state index in [0.29, 0.717) is 17.1 Å². The van der Waals surface area contributed by atoms with E-state index in [9.17, 15) is 9.18 Å². The van der Waals surface area contributed by atoms with Crippen LogP contribution in [0.1, 0.15) is 5.69 Å². The highest BCUT2D eigenvalue weighted by Crippen LogP contribution is 2.30. The molecular formula is C15H13FN4OS. The van der Waals surface area contributed by atoms with Crippen LogP contribution in [0.4, 0.5) is 20.6 Å². The van der Waals surface area contributed by atoms with Crippen molar-refractivity contribution in [3.05, 3.63) is 52.6 Å². The van der Waals surface area contributed by atoms with Crippen LogP contribution in [0.25, 0.3) is 11.3 Å². The lowest BCUT2D eigenvalue weighted by Gasteiger charge is -2.08. The number of hydrogen-bond donors (Lipinski definition) is 3. The molecule has 112 valence electrons. The molecular weight excluding hydrogens is 303 g/mol. The monoisotopic (exact) mass is 316 g/mol. The van der Waals surface area contributed by atoms with Crippen molar-refractivity contribution in [3.8, 4) is 11.3 Å². The van der Waals surface area contributed by atoms with Crippen molar-refractivity contribution in [2.24, 2.45) is 0 Å². The zero-order valence-corrected chi connectivity index (χ0v) is 12.5. The Kier molecular flexibility index (Phi) is 3.88. The summed E-state index contributed by atoms with van der Waals surface area (Å²) in [4.78, 5) is 12.1. The van der Waals surface area contributed by atoms with Crippen LogP contribution < -0.4 is 10.6 Å². The quantitative estimate of drug-likeness (QED) is 0.677. The first kappa shape index (κ1) is 14.3. The molecule has 0 radical (unpaired) electrons. The molecule has 3 rings (SSSR count). The van der Waals surface area contributed by atoms with Gasteiger partial charge in [-0.05, 0) is 36.6 Å². The Balaban J connectivity index is 1.79. The number of halogens is 1. The fourth-order valence-corrected chi connectivity index (χ4v) is 2.67. The maximum Gasteiger partial charge on any atom is 0.323 e. The number of carbonyl (C=O) groups excluding carboxylic acids is 1. The molecule has 0 saturated carbocycles. The molecule has 1 aromatic carbocycles. The third-order valence-electron chi connectivity index (χ3n) is 3.06. The van der Waals surface area contributed by atoms with Crippen molar-refractivity contribution in [2.75, 3.05) is 10.6 Å². The Labute approximate surface area is 130 Å². The summed E-state index contributed by atoms with van der Waals surface area (Å²) in [6, 6.07) is 7.19. The molecule has 5 nitrogen and oxygen atoms in total. The number of thiophene rings is 1. The minimum atomic E-state index is -0.452. The molecule has 2 amide bonds. The Morgan fingerprint density at radius 3 is 2.91 bits per heavy atom. The average molecular weight is 316 g/mol. The SMILES string of the molecule is Cc1[nH]nc(-c2ccsc2)c1NC(=O)Nc1cccc(F)c1. The van der Waals surface area contributed by atoms with Gasteiger partial charge in [0.15, 0.2) is 0 Å². The van der Waals surface area contributed by atoms with Crippen molar-refractivity contribution in [2.45, 2.75) is 6.92 Å². The third-order valence-corrected chi connectivity index (χ3v) is 3.75. The number of aromatic amines is 1. The number of aryl methyl sites for hydroxylation is 1. The lowest BCUT2D eigenvalue weighted by molar-refractivity contribution is 0.262. The Hall–Kier alpha value is -2.67. The zero-order chi connectivity index (χ0) is 15.5. The Bertz CT molecular complexity index is 798. The maximum atomic E-state index is 13.1. The minimum absolute atomic E-state index is 0.385. The molecule has 0 bridgehead atoms. The molecule has 0 aliphatic rings. The molecule has 0 atom stereocenters. The molecule has 3 N–H and O–H groups in total. The summed E-state index contributed by atoms with van der Waals surface area (Å²) in [6.45, 7) is 1.82. The lowest BCUT2D eigenvalue weighted by Crippen LogP contribution is -2.20. The summed E-state index contributed by atoms with van der Waals surface area (Å²) in [5.74, 6) is -0.406. The molecule has 22 heavy (non-hydrogen) atoms. The van der Waals surface area contributed by atoms with E-state index in [1.807, 2.05) is 23.8 Å². The molecule has 0 fully saturated rings. The van der Waals surface area contributed by atoms with Gasteiger partial charge >= 0.3 is 6.03 Å². The minimum Gasteiger partial charge on any atom is -0.308 e. The van der Waals surface area contributed by atoms with Gasteiger partial charge in [-0.25, -0.2) is 9.18 Å². The van der Waals surface area contributed by atoms with Crippen molar-refractivity contribution in [3.63, 3.8) is 0 Å². The van der Waals surface area contributed by atoms with Gasteiger partial charge in [-0.3, -0.25) is 5.10 Å². The summed E-state index contributed by atoms with van der Waals surface area (Å²) >= 11 is 1.55. The highest BCUT2D eigenvalue weighted by atomic mass is 32.1. The highest BCUT2D eigenvalue weighted by Gasteiger charge is 2.15. The third kappa shape index (κ3) is 2.99. The van der Waals surface area contributed by atoms with E-state index in [-0.39, 0.29) is 0 Å². The highest BCUT2D eigenvalue weighted by molar-refractivity contribution is 7.08. The van der Waals surface area contributed by atoms with E-state index >= 15 is 0 Å². The van der Waals surface area contributed by atoms with Crippen LogP contribution in [-0.4, -0.2) is 16.2 Å². The number of hydrogen-bond acceptors (Lipinski definition) is 3. The van der Waals surface area contributed by atoms with Gasteiger partial charge in [-0.1, -0.05) is 6.07 Å². The summed E-state index contributed by atoms with van der Waals surface area (Å²) in [6.07, 6.45) is 0. The van der Waals surface area contributed by atoms with Crippen LogP contribution >= 0.6 is 11.3 Å². The fraction of sp³-hybridized carbons (Fsp3) is 0.0667. The molecule has 3 aromatic rings. The van der Waals surface area contributed by atoms with E-state index in [2.05, 4.69) is 20.8 Å². The number of nitrogens with one attached hydrogen (secondary N) is 3. The fourth-order valence-electron chi connectivity index (χ4n) is 2.03. The molecule has 2 heterocycles. The second kappa shape index (κ2) is 5.98. The Morgan fingerprint density at radius 2 is 2.18 bits per heavy atom. The number of anilines is 2. The molecule has 0 aliphatic heterocycles. The molecule has 0 unspecified atom stereocenters. The van der Waals surface area contributed by atoms with E-state index in [4.69, 9.17) is 0 Å². The smallest absolute Gasteiger partial charge is 0.308 e. The second-order valence-corrected chi connectivity index (χ2v) is 5.45. The standard InChI is InChI=1S/C15H13FN4OS/c1-9-13(14(20-19-9)10-5-6-22-8-10)18-15(21)17-12-4-2-3-11(16)7-12/h2-8H,1H3,(H,19,20)(H2,17,18,21). The van der Waals surface area contributed by atoms with Gasteiger partial charge in [0.2, 0.25) is 0 Å². The number of amides is 2. The lowest BCUT2D eigenvalue weighted by atomic mass is 10.2. The zero-order valence-electron chi connectivity index (χ0n) is 11.7. The second-order valence-electron chi connectivity index (χ2n) is 4.67. The van der Waals surface area contributed by atoms with Crippen LogP contribution in [0.15, 0.2) is 41.1 Å². The van der Waals surface area contributed by atoms with Gasteiger partial charge < -0.3 is 10.6 Å². The van der Waals surface area contributed by atoms with Gasteiger partial charge in [0.05, 0.1) is 11.4 Å². The number of rotatable bonds is 3. The van der Waals surface area contributed by atoms with Crippen molar-refractivity contribution in [1.29, 1.82) is 0 Å². The number of H-pyrrole nitrogens is 1. The van der Waals surface area contributed by atoms with Crippen molar-refractivity contribution >= 4 is 28.7 Å². The molecule has 0 saturated heterocycles. The van der Waals surface area contributed by atoms with E-state index in [1.165, 1.54) is 18.2 Å². The largest absolute Gasteiger partial charge is 0.323 e. The van der Waals surface area contributed by atoms with Crippen LogP contribution in [0.5, 0.6) is 0 Å². The number of nitrogens with zero attached hydrogens (tertiary/aromatic N) is 1. The van der Waals surface area contributed by atoms with E-state index in [1.54, 1.807) is 17.4 Å². The van der Waals surface area contributed by atoms with Gasteiger partial charge in [0, 0.05) is 16.6 Å². The van der Waals surface area contributed by atoms with Crippen molar-refractivity contribution < 1.29 is 9.18 Å². The molecule has 2 aromatic heterocycles. The molecule has 0 aliphatic carbocycles. The maximum absolute atomic E-state index is 13.1. The van der Waals surface area contributed by atoms with Gasteiger partial charge in [-0.15, -0.1) is 0 Å². The number of urea groups is 1. The molecule has 7 heteroatoms. The van der Waals surface area contributed by atoms with Crippen LogP contribution in [0.2, 0.25) is 0 Å². The summed E-state index contributed by atoms with van der Waals surface area (Å²) in [5.41, 5.74) is 3.34. The van der Waals surface area contributed by atoms with Crippen molar-refractivity contribution in [1.82, 2.24) is 10.2 Å². The first-order valence-electron chi connectivity index (χ1n) is 6.54. The first-order valence-corrected chi connectivity index (χ1v) is 7.49. The van der Waals surface area contributed by atoms with Crippen LogP contribution in [-0.2, 0) is 0 Å². The average Bonchev–Trinajstić information content (AvgIpc) is 3.10. The summed E-state index contributed by atoms with van der Waals surface area (Å²) in [7, 11) is 0. The first-order chi connectivity index (χ1) is 10.6. The van der Waals surface area contributed by atoms with Gasteiger partial charge in [-0.2, -0.15) is 16.4 Å². The molecule has 0 spiro atoms. The van der Waals surface area contributed by atoms with E-state index in [0.717, 1.165) is 11.3 Å².